The van der Waals surface area contributed by atoms with E-state index < -0.39 is 17.6 Å². The molecule has 2 amide bonds. The number of nitrogens with one attached hydrogen (secondary N) is 1. The van der Waals surface area contributed by atoms with Crippen molar-refractivity contribution in [1.82, 2.24) is 25.0 Å². The largest absolute Gasteiger partial charge is 0.479 e. The fourth-order valence-corrected chi connectivity index (χ4v) is 3.06. The zero-order valence-electron chi connectivity index (χ0n) is 16.4. The number of piperazine rings is 1. The van der Waals surface area contributed by atoms with Crippen LogP contribution in [-0.2, 0) is 18.0 Å². The van der Waals surface area contributed by atoms with Gasteiger partial charge in [0.1, 0.15) is 11.4 Å². The third-order valence-corrected chi connectivity index (χ3v) is 4.66. The number of alkyl halides is 3. The van der Waals surface area contributed by atoms with E-state index in [0.29, 0.717) is 32.0 Å². The summed E-state index contributed by atoms with van der Waals surface area (Å²) in [6.45, 7) is 1.40. The molecule has 3 rings (SSSR count). The molecule has 1 fully saturated rings. The summed E-state index contributed by atoms with van der Waals surface area (Å²) in [5.41, 5.74) is -0.577. The molecule has 0 atom stereocenters. The van der Waals surface area contributed by atoms with Crippen LogP contribution in [0.2, 0.25) is 0 Å². The quantitative estimate of drug-likeness (QED) is 0.765. The van der Waals surface area contributed by atoms with E-state index in [9.17, 15) is 22.8 Å². The van der Waals surface area contributed by atoms with Gasteiger partial charge in [-0.15, -0.1) is 5.10 Å². The zero-order valence-corrected chi connectivity index (χ0v) is 16.4. The molecule has 1 saturated heterocycles. The molecule has 0 unspecified atom stereocenters. The predicted molar refractivity (Wildman–Crippen MR) is 100 cm³/mol. The lowest BCUT2D eigenvalue weighted by Crippen LogP contribution is -2.51. The molecule has 0 spiro atoms. The van der Waals surface area contributed by atoms with Gasteiger partial charge in [-0.25, -0.2) is 4.98 Å². The summed E-state index contributed by atoms with van der Waals surface area (Å²) in [7, 11) is 3.05. The lowest BCUT2D eigenvalue weighted by Gasteiger charge is -2.35. The molecule has 30 heavy (non-hydrogen) atoms. The highest BCUT2D eigenvalue weighted by molar-refractivity contribution is 5.98. The van der Waals surface area contributed by atoms with Crippen molar-refractivity contribution in [1.29, 1.82) is 0 Å². The molecule has 0 bridgehead atoms. The summed E-state index contributed by atoms with van der Waals surface area (Å²) in [5, 5.41) is 6.54. The van der Waals surface area contributed by atoms with Gasteiger partial charge in [0.2, 0.25) is 11.8 Å². The molecule has 1 aliphatic rings. The molecular weight excluding hydrogens is 405 g/mol. The molecule has 0 aliphatic carbocycles. The van der Waals surface area contributed by atoms with Crippen molar-refractivity contribution in [3.63, 3.8) is 0 Å². The van der Waals surface area contributed by atoms with E-state index >= 15 is 0 Å². The molecule has 1 N–H and O–H groups in total. The number of halogens is 3. The number of pyridine rings is 1. The van der Waals surface area contributed by atoms with Gasteiger partial charge in [0.05, 0.1) is 19.2 Å². The maximum absolute atomic E-state index is 12.6. The number of nitrogens with zero attached hydrogens (tertiary/aromatic N) is 5. The number of aromatic nitrogens is 3. The Bertz CT molecular complexity index is 905. The molecule has 162 valence electrons. The van der Waals surface area contributed by atoms with E-state index in [-0.39, 0.29) is 23.9 Å². The second-order valence-corrected chi connectivity index (χ2v) is 6.68. The van der Waals surface area contributed by atoms with Crippen LogP contribution in [0.15, 0.2) is 24.5 Å². The molecule has 9 nitrogen and oxygen atoms in total. The Kier molecular flexibility index (Phi) is 6.13. The van der Waals surface area contributed by atoms with E-state index in [1.165, 1.54) is 24.1 Å². The van der Waals surface area contributed by atoms with Gasteiger partial charge in [0, 0.05) is 45.6 Å². The third-order valence-electron chi connectivity index (χ3n) is 4.66. The van der Waals surface area contributed by atoms with Gasteiger partial charge in [-0.1, -0.05) is 0 Å². The first-order chi connectivity index (χ1) is 14.2. The lowest BCUT2D eigenvalue weighted by atomic mass is 10.2. The highest BCUT2D eigenvalue weighted by atomic mass is 19.4. The van der Waals surface area contributed by atoms with Crippen LogP contribution in [0.1, 0.15) is 15.9 Å². The van der Waals surface area contributed by atoms with Crippen molar-refractivity contribution < 1.29 is 27.5 Å². The minimum atomic E-state index is -4.43. The molecule has 1 aliphatic heterocycles. The summed E-state index contributed by atoms with van der Waals surface area (Å²) in [6, 6.07) is 2.31. The summed E-state index contributed by atoms with van der Waals surface area (Å²) in [4.78, 5) is 31.9. The Morgan fingerprint density at radius 1 is 1.20 bits per heavy atom. The van der Waals surface area contributed by atoms with Gasteiger partial charge < -0.3 is 19.9 Å². The van der Waals surface area contributed by atoms with Gasteiger partial charge in [-0.3, -0.25) is 14.3 Å². The standard InChI is InChI=1S/C18H21F3N6O3/c1-25-11-13(17(24-25)30-2)16(29)23-10-15(28)27-7-5-26(6-8-27)14-4-3-12(9-22-14)18(19,20)21/h3-4,9,11H,5-8,10H2,1-2H3,(H,23,29). The van der Waals surface area contributed by atoms with E-state index in [1.54, 1.807) is 11.9 Å². The highest BCUT2D eigenvalue weighted by Gasteiger charge is 2.31. The summed E-state index contributed by atoms with van der Waals surface area (Å²) < 4.78 is 44.4. The number of carbonyl (C=O) groups is 2. The SMILES string of the molecule is COc1nn(C)cc1C(=O)NCC(=O)N1CCN(c2ccc(C(F)(F)F)cn2)CC1. The summed E-state index contributed by atoms with van der Waals surface area (Å²) in [5.74, 6) is -0.140. The number of aryl methyl sites for hydroxylation is 1. The van der Waals surface area contributed by atoms with Crippen LogP contribution in [0, 0.1) is 0 Å². The van der Waals surface area contributed by atoms with Gasteiger partial charge in [0.25, 0.3) is 5.91 Å². The first-order valence-electron chi connectivity index (χ1n) is 9.11. The monoisotopic (exact) mass is 426 g/mol. The number of amides is 2. The van der Waals surface area contributed by atoms with Crippen molar-refractivity contribution >= 4 is 17.6 Å². The number of methoxy groups -OCH3 is 1. The molecule has 2 aromatic rings. The molecular formula is C18H21F3N6O3. The Morgan fingerprint density at radius 3 is 2.47 bits per heavy atom. The van der Waals surface area contributed by atoms with Crippen molar-refractivity contribution in [3.8, 4) is 5.88 Å². The van der Waals surface area contributed by atoms with Crippen molar-refractivity contribution in [2.75, 3.05) is 44.7 Å². The van der Waals surface area contributed by atoms with Crippen LogP contribution in [0.5, 0.6) is 5.88 Å². The Labute approximate surface area is 170 Å². The molecule has 0 saturated carbocycles. The van der Waals surface area contributed by atoms with Gasteiger partial charge >= 0.3 is 6.18 Å². The van der Waals surface area contributed by atoms with Crippen molar-refractivity contribution in [3.05, 3.63) is 35.7 Å². The normalized spacial score (nSPS) is 14.6. The maximum atomic E-state index is 12.6. The number of hydrogen-bond donors (Lipinski definition) is 1. The molecule has 0 radical (unpaired) electrons. The molecule has 2 aromatic heterocycles. The fourth-order valence-electron chi connectivity index (χ4n) is 3.06. The van der Waals surface area contributed by atoms with E-state index in [1.807, 2.05) is 4.90 Å². The summed E-state index contributed by atoms with van der Waals surface area (Å²) in [6.07, 6.45) is -2.13. The van der Waals surface area contributed by atoms with E-state index in [2.05, 4.69) is 15.4 Å². The molecule has 12 heteroatoms. The smallest absolute Gasteiger partial charge is 0.417 e. The molecule has 3 heterocycles. The second-order valence-electron chi connectivity index (χ2n) is 6.68. The average Bonchev–Trinajstić information content (AvgIpc) is 3.12. The first kappa shape index (κ1) is 21.4. The number of carbonyl (C=O) groups excluding carboxylic acids is 2. The van der Waals surface area contributed by atoms with E-state index in [0.717, 1.165) is 12.3 Å². The third kappa shape index (κ3) is 4.81. The van der Waals surface area contributed by atoms with Gasteiger partial charge in [-0.05, 0) is 12.1 Å². The Hall–Kier alpha value is -3.31. The zero-order chi connectivity index (χ0) is 21.9. The minimum absolute atomic E-state index is 0.167. The lowest BCUT2D eigenvalue weighted by molar-refractivity contribution is -0.137. The Balaban J connectivity index is 1.50. The van der Waals surface area contributed by atoms with Crippen molar-refractivity contribution in [2.45, 2.75) is 6.18 Å². The second kappa shape index (κ2) is 8.59. The van der Waals surface area contributed by atoms with Gasteiger partial charge in [0.15, 0.2) is 0 Å². The van der Waals surface area contributed by atoms with Crippen LogP contribution in [0.4, 0.5) is 19.0 Å². The highest BCUT2D eigenvalue weighted by Crippen LogP contribution is 2.29. The van der Waals surface area contributed by atoms with Crippen LogP contribution in [0.3, 0.4) is 0 Å². The predicted octanol–water partition coefficient (Wildman–Crippen LogP) is 0.921. The van der Waals surface area contributed by atoms with Crippen LogP contribution in [0.25, 0.3) is 0 Å². The number of hydrogen-bond acceptors (Lipinski definition) is 6. The van der Waals surface area contributed by atoms with Crippen LogP contribution >= 0.6 is 0 Å². The number of rotatable bonds is 5. The molecule has 0 aromatic carbocycles. The van der Waals surface area contributed by atoms with Crippen molar-refractivity contribution in [2.24, 2.45) is 7.05 Å². The maximum Gasteiger partial charge on any atom is 0.417 e. The number of ether oxygens (including phenoxy) is 1. The average molecular weight is 426 g/mol. The number of anilines is 1. The topological polar surface area (TPSA) is 92.6 Å². The fraction of sp³-hybridized carbons (Fsp3) is 0.444. The summed E-state index contributed by atoms with van der Waals surface area (Å²) >= 11 is 0. The van der Waals surface area contributed by atoms with E-state index in [4.69, 9.17) is 4.74 Å². The first-order valence-corrected chi connectivity index (χ1v) is 9.11. The Morgan fingerprint density at radius 2 is 1.90 bits per heavy atom. The van der Waals surface area contributed by atoms with Crippen LogP contribution < -0.4 is 15.0 Å². The van der Waals surface area contributed by atoms with Crippen LogP contribution in [-0.4, -0.2) is 71.3 Å². The minimum Gasteiger partial charge on any atom is -0.479 e. The van der Waals surface area contributed by atoms with Gasteiger partial charge in [-0.2, -0.15) is 13.2 Å².